The van der Waals surface area contributed by atoms with E-state index in [0.717, 1.165) is 34.9 Å². The van der Waals surface area contributed by atoms with Gasteiger partial charge in [-0.05, 0) is 11.6 Å². The van der Waals surface area contributed by atoms with Crippen molar-refractivity contribution >= 4 is 39.1 Å². The molecule has 28 heavy (non-hydrogen) atoms. The molecule has 0 bridgehead atoms. The number of carbonyl (C=O) groups excluding carboxylic acids is 1. The monoisotopic (exact) mass is 392 g/mol. The molecule has 0 atom stereocenters. The molecule has 0 spiro atoms. The molecule has 4 heterocycles. The zero-order valence-corrected chi connectivity index (χ0v) is 16.4. The van der Waals surface area contributed by atoms with Crippen LogP contribution in [0.4, 0.5) is 5.95 Å². The standard InChI is InChI=1S/C20H20N6OS/c1-2-17(27)24-8-10-25(11-9-24)20-23-19-15(18-21-13-22-26(18)20)12-16(28-19)14-6-4-3-5-7-14/h3-7,12-13H,2,8-11H2,1H3. The molecule has 0 saturated carbocycles. The largest absolute Gasteiger partial charge is 0.339 e. The fourth-order valence-corrected chi connectivity index (χ4v) is 4.69. The van der Waals surface area contributed by atoms with Gasteiger partial charge in [-0.2, -0.15) is 9.61 Å². The zero-order valence-electron chi connectivity index (χ0n) is 15.6. The van der Waals surface area contributed by atoms with E-state index < -0.39 is 0 Å². The van der Waals surface area contributed by atoms with Crippen LogP contribution in [0.3, 0.4) is 0 Å². The van der Waals surface area contributed by atoms with Crippen LogP contribution >= 0.6 is 11.3 Å². The molecule has 3 aromatic heterocycles. The average molecular weight is 392 g/mol. The van der Waals surface area contributed by atoms with Crippen LogP contribution < -0.4 is 4.90 Å². The van der Waals surface area contributed by atoms with Crippen LogP contribution in [0.25, 0.3) is 26.3 Å². The highest BCUT2D eigenvalue weighted by Crippen LogP contribution is 2.35. The fourth-order valence-electron chi connectivity index (χ4n) is 3.66. The minimum atomic E-state index is 0.208. The van der Waals surface area contributed by atoms with E-state index in [1.54, 1.807) is 17.7 Å². The van der Waals surface area contributed by atoms with Crippen molar-refractivity contribution < 1.29 is 4.79 Å². The Morgan fingerprint density at radius 2 is 1.93 bits per heavy atom. The lowest BCUT2D eigenvalue weighted by molar-refractivity contribution is -0.131. The summed E-state index contributed by atoms with van der Waals surface area (Å²) in [5, 5.41) is 5.44. The van der Waals surface area contributed by atoms with Gasteiger partial charge in [0, 0.05) is 37.5 Å². The van der Waals surface area contributed by atoms with Crippen LogP contribution in [0.5, 0.6) is 0 Å². The molecule has 142 valence electrons. The highest BCUT2D eigenvalue weighted by Gasteiger charge is 2.24. The molecular weight excluding hydrogens is 372 g/mol. The molecule has 1 aliphatic rings. The summed E-state index contributed by atoms with van der Waals surface area (Å²) in [4.78, 5) is 27.6. The minimum Gasteiger partial charge on any atom is -0.339 e. The number of piperazine rings is 1. The van der Waals surface area contributed by atoms with Crippen LogP contribution in [0, 0.1) is 0 Å². The van der Waals surface area contributed by atoms with Crippen molar-refractivity contribution in [3.8, 4) is 10.4 Å². The Balaban J connectivity index is 1.54. The minimum absolute atomic E-state index is 0.208. The molecule has 4 aromatic rings. The second-order valence-corrected chi connectivity index (χ2v) is 7.85. The van der Waals surface area contributed by atoms with E-state index in [0.29, 0.717) is 19.5 Å². The summed E-state index contributed by atoms with van der Waals surface area (Å²) in [5.41, 5.74) is 2.00. The molecule has 1 aliphatic heterocycles. The predicted octanol–water partition coefficient (Wildman–Crippen LogP) is 3.06. The van der Waals surface area contributed by atoms with Gasteiger partial charge in [-0.3, -0.25) is 4.79 Å². The van der Waals surface area contributed by atoms with Crippen LogP contribution in [0.15, 0.2) is 42.7 Å². The molecule has 8 heteroatoms. The number of anilines is 1. The molecule has 0 unspecified atom stereocenters. The summed E-state index contributed by atoms with van der Waals surface area (Å²) in [6.45, 7) is 4.82. The van der Waals surface area contributed by atoms with Gasteiger partial charge in [-0.15, -0.1) is 11.3 Å². The van der Waals surface area contributed by atoms with Crippen molar-refractivity contribution in [2.75, 3.05) is 31.1 Å². The third-order valence-corrected chi connectivity index (χ3v) is 6.25. The molecule has 5 rings (SSSR count). The first-order valence-corrected chi connectivity index (χ1v) is 10.3. The van der Waals surface area contributed by atoms with Gasteiger partial charge in [0.2, 0.25) is 11.9 Å². The first kappa shape index (κ1) is 17.1. The lowest BCUT2D eigenvalue weighted by atomic mass is 10.2. The number of hydrogen-bond donors (Lipinski definition) is 0. The highest BCUT2D eigenvalue weighted by atomic mass is 32.1. The second kappa shape index (κ2) is 6.87. The molecular formula is C20H20N6OS. The van der Waals surface area contributed by atoms with E-state index in [9.17, 15) is 4.79 Å². The number of amides is 1. The topological polar surface area (TPSA) is 66.6 Å². The Hall–Kier alpha value is -3.00. The Morgan fingerprint density at radius 1 is 1.14 bits per heavy atom. The van der Waals surface area contributed by atoms with Gasteiger partial charge in [0.1, 0.15) is 11.2 Å². The summed E-state index contributed by atoms with van der Waals surface area (Å²) in [5.74, 6) is 1.00. The Bertz CT molecular complexity index is 1140. The zero-order chi connectivity index (χ0) is 19.1. The van der Waals surface area contributed by atoms with Gasteiger partial charge in [0.15, 0.2) is 5.65 Å². The summed E-state index contributed by atoms with van der Waals surface area (Å²) in [6, 6.07) is 12.5. The average Bonchev–Trinajstić information content (AvgIpc) is 3.40. The molecule has 0 N–H and O–H groups in total. The van der Waals surface area contributed by atoms with E-state index in [1.807, 2.05) is 34.5 Å². The third-order valence-electron chi connectivity index (χ3n) is 5.17. The normalized spacial score (nSPS) is 14.9. The lowest BCUT2D eigenvalue weighted by Gasteiger charge is -2.35. The number of hydrogen-bond acceptors (Lipinski definition) is 6. The Labute approximate surface area is 166 Å². The fraction of sp³-hybridized carbons (Fsp3) is 0.300. The first-order valence-electron chi connectivity index (χ1n) is 9.46. The van der Waals surface area contributed by atoms with Crippen molar-refractivity contribution in [3.63, 3.8) is 0 Å². The maximum atomic E-state index is 12.0. The first-order chi connectivity index (χ1) is 13.7. The molecule has 1 fully saturated rings. The summed E-state index contributed by atoms with van der Waals surface area (Å²) < 4.78 is 1.82. The number of nitrogens with zero attached hydrogens (tertiary/aromatic N) is 6. The SMILES string of the molecule is CCC(=O)N1CCN(c2nc3sc(-c4ccccc4)cc3c3ncnn23)CC1. The van der Waals surface area contributed by atoms with Gasteiger partial charge in [0.25, 0.3) is 0 Å². The number of carbonyl (C=O) groups is 1. The van der Waals surface area contributed by atoms with Crippen LogP contribution in [0.1, 0.15) is 13.3 Å². The van der Waals surface area contributed by atoms with Crippen LogP contribution in [-0.2, 0) is 4.79 Å². The molecule has 7 nitrogen and oxygen atoms in total. The van der Waals surface area contributed by atoms with Crippen LogP contribution in [-0.4, -0.2) is 56.6 Å². The molecule has 0 aliphatic carbocycles. The quantitative estimate of drug-likeness (QED) is 0.536. The van der Waals surface area contributed by atoms with Crippen molar-refractivity contribution in [2.24, 2.45) is 0 Å². The number of benzene rings is 1. The Kier molecular flexibility index (Phi) is 4.20. The molecule has 1 amide bonds. The van der Waals surface area contributed by atoms with Gasteiger partial charge in [-0.25, -0.2) is 9.97 Å². The van der Waals surface area contributed by atoms with Gasteiger partial charge < -0.3 is 9.80 Å². The third kappa shape index (κ3) is 2.80. The van der Waals surface area contributed by atoms with Crippen molar-refractivity contribution in [2.45, 2.75) is 13.3 Å². The molecule has 1 saturated heterocycles. The van der Waals surface area contributed by atoms with E-state index in [-0.39, 0.29) is 5.91 Å². The summed E-state index contributed by atoms with van der Waals surface area (Å²) in [7, 11) is 0. The molecule has 1 aromatic carbocycles. The van der Waals surface area contributed by atoms with E-state index >= 15 is 0 Å². The van der Waals surface area contributed by atoms with Crippen molar-refractivity contribution in [1.82, 2.24) is 24.5 Å². The van der Waals surface area contributed by atoms with E-state index in [1.165, 1.54) is 10.4 Å². The van der Waals surface area contributed by atoms with Gasteiger partial charge >= 0.3 is 0 Å². The number of aromatic nitrogens is 4. The number of fused-ring (bicyclic) bond motifs is 3. The summed E-state index contributed by atoms with van der Waals surface area (Å²) in [6.07, 6.45) is 2.13. The molecule has 0 radical (unpaired) electrons. The van der Waals surface area contributed by atoms with E-state index in [4.69, 9.17) is 4.98 Å². The number of thiophene rings is 1. The highest BCUT2D eigenvalue weighted by molar-refractivity contribution is 7.22. The summed E-state index contributed by atoms with van der Waals surface area (Å²) >= 11 is 1.67. The van der Waals surface area contributed by atoms with Crippen LogP contribution in [0.2, 0.25) is 0 Å². The van der Waals surface area contributed by atoms with Crippen molar-refractivity contribution in [1.29, 1.82) is 0 Å². The predicted molar refractivity (Wildman–Crippen MR) is 111 cm³/mol. The van der Waals surface area contributed by atoms with Crippen molar-refractivity contribution in [3.05, 3.63) is 42.7 Å². The van der Waals surface area contributed by atoms with E-state index in [2.05, 4.69) is 33.2 Å². The Morgan fingerprint density at radius 3 is 2.68 bits per heavy atom. The maximum absolute atomic E-state index is 12.0. The van der Waals surface area contributed by atoms with Gasteiger partial charge in [0.05, 0.1) is 5.39 Å². The maximum Gasteiger partial charge on any atom is 0.230 e. The lowest BCUT2D eigenvalue weighted by Crippen LogP contribution is -2.49. The van der Waals surface area contributed by atoms with Gasteiger partial charge in [-0.1, -0.05) is 37.3 Å². The smallest absolute Gasteiger partial charge is 0.230 e. The second-order valence-electron chi connectivity index (χ2n) is 6.82. The number of rotatable bonds is 3.